The van der Waals surface area contributed by atoms with Crippen LogP contribution in [-0.2, 0) is 22.1 Å². The molecule has 0 aromatic carbocycles. The van der Waals surface area contributed by atoms with Gasteiger partial charge in [0.05, 0.1) is 10.8 Å². The summed E-state index contributed by atoms with van der Waals surface area (Å²) in [6.45, 7) is 1.64. The van der Waals surface area contributed by atoms with Crippen LogP contribution in [0.15, 0.2) is 5.16 Å². The summed E-state index contributed by atoms with van der Waals surface area (Å²) in [6.07, 6.45) is 1.47. The van der Waals surface area contributed by atoms with Gasteiger partial charge < -0.3 is 5.73 Å². The summed E-state index contributed by atoms with van der Waals surface area (Å²) >= 11 is 0. The Bertz CT molecular complexity index is 360. The Hall–Kier alpha value is -1.24. The molecule has 0 radical (unpaired) electrons. The van der Waals surface area contributed by atoms with E-state index in [-0.39, 0.29) is 11.7 Å². The van der Waals surface area contributed by atoms with E-state index in [1.54, 1.807) is 6.92 Å². The van der Waals surface area contributed by atoms with E-state index in [1.165, 1.54) is 10.8 Å². The van der Waals surface area contributed by atoms with Crippen LogP contribution < -0.4 is 5.73 Å². The Kier molecular flexibility index (Phi) is 2.76. The van der Waals surface area contributed by atoms with Crippen LogP contribution in [0.2, 0.25) is 0 Å². The van der Waals surface area contributed by atoms with Gasteiger partial charge in [-0.05, 0) is 6.92 Å². The van der Waals surface area contributed by atoms with Gasteiger partial charge in [-0.25, -0.2) is 0 Å². The molecular formula is C6H10N4O2S. The highest BCUT2D eigenvalue weighted by atomic mass is 32.2. The summed E-state index contributed by atoms with van der Waals surface area (Å²) in [5, 5.41) is 7.65. The van der Waals surface area contributed by atoms with Crippen LogP contribution >= 0.6 is 0 Å². The Morgan fingerprint density at radius 1 is 1.62 bits per heavy atom. The van der Waals surface area contributed by atoms with Crippen LogP contribution in [0.25, 0.3) is 0 Å². The molecule has 1 aromatic rings. The van der Waals surface area contributed by atoms with E-state index in [9.17, 15) is 9.00 Å². The van der Waals surface area contributed by atoms with Gasteiger partial charge >= 0.3 is 0 Å². The number of hydrogen-bond donors (Lipinski definition) is 1. The smallest absolute Gasteiger partial charge is 0.237 e. The largest absolute Gasteiger partial charge is 0.368 e. The van der Waals surface area contributed by atoms with Gasteiger partial charge in [-0.2, -0.15) is 0 Å². The molecule has 72 valence electrons. The molecule has 1 aromatic heterocycles. The monoisotopic (exact) mass is 202 g/mol. The molecule has 7 heteroatoms. The number of carbonyl (C=O) groups is 1. The lowest BCUT2D eigenvalue weighted by atomic mass is 10.5. The second-order valence-electron chi connectivity index (χ2n) is 2.54. The van der Waals surface area contributed by atoms with Gasteiger partial charge in [0.15, 0.2) is 0 Å². The fourth-order valence-electron chi connectivity index (χ4n) is 0.912. The summed E-state index contributed by atoms with van der Waals surface area (Å²) in [4.78, 5) is 10.6. The Labute approximate surface area is 77.6 Å². The third-order valence-corrected chi connectivity index (χ3v) is 2.29. The number of nitrogens with zero attached hydrogens (tertiary/aromatic N) is 3. The third kappa shape index (κ3) is 2.11. The summed E-state index contributed by atoms with van der Waals surface area (Å²) < 4.78 is 12.5. The minimum Gasteiger partial charge on any atom is -0.368 e. The van der Waals surface area contributed by atoms with E-state index >= 15 is 0 Å². The summed E-state index contributed by atoms with van der Waals surface area (Å²) in [6, 6.07) is 0. The van der Waals surface area contributed by atoms with Crippen molar-refractivity contribution in [1.82, 2.24) is 14.8 Å². The van der Waals surface area contributed by atoms with E-state index in [1.807, 2.05) is 0 Å². The Morgan fingerprint density at radius 2 is 2.23 bits per heavy atom. The SMILES string of the molecule is Cc1nnc(S(C)=O)n1CC(N)=O. The van der Waals surface area contributed by atoms with Crippen molar-refractivity contribution in [1.29, 1.82) is 0 Å². The van der Waals surface area contributed by atoms with Crippen LogP contribution in [0.5, 0.6) is 0 Å². The van der Waals surface area contributed by atoms with Gasteiger partial charge in [0.25, 0.3) is 0 Å². The fourth-order valence-corrected chi connectivity index (χ4v) is 1.57. The molecule has 1 unspecified atom stereocenters. The maximum absolute atomic E-state index is 11.1. The van der Waals surface area contributed by atoms with E-state index in [2.05, 4.69) is 10.2 Å². The molecule has 0 aliphatic carbocycles. The minimum atomic E-state index is -1.25. The van der Waals surface area contributed by atoms with Crippen molar-refractivity contribution in [2.24, 2.45) is 5.73 Å². The summed E-state index contributed by atoms with van der Waals surface area (Å²) in [5.74, 6) is 0.0265. The van der Waals surface area contributed by atoms with E-state index in [4.69, 9.17) is 5.73 Å². The van der Waals surface area contributed by atoms with Crippen LogP contribution in [0.3, 0.4) is 0 Å². The van der Waals surface area contributed by atoms with Crippen LogP contribution in [0.4, 0.5) is 0 Å². The number of hydrogen-bond acceptors (Lipinski definition) is 4. The summed E-state index contributed by atoms with van der Waals surface area (Å²) in [5.41, 5.74) is 5.01. The number of nitrogens with two attached hydrogens (primary N) is 1. The second kappa shape index (κ2) is 3.65. The quantitative estimate of drug-likeness (QED) is 0.667. The molecule has 0 fully saturated rings. The van der Waals surface area contributed by atoms with Crippen LogP contribution in [0, 0.1) is 6.92 Å². The highest BCUT2D eigenvalue weighted by molar-refractivity contribution is 7.84. The Morgan fingerprint density at radius 3 is 2.69 bits per heavy atom. The van der Waals surface area contributed by atoms with Crippen LogP contribution in [0.1, 0.15) is 5.82 Å². The molecule has 1 rings (SSSR count). The van der Waals surface area contributed by atoms with Gasteiger partial charge in [-0.1, -0.05) is 0 Å². The first-order chi connectivity index (χ1) is 6.02. The van der Waals surface area contributed by atoms with Crippen molar-refractivity contribution in [3.05, 3.63) is 5.82 Å². The predicted octanol–water partition coefficient (Wildman–Crippen LogP) is -1.19. The van der Waals surface area contributed by atoms with E-state index in [0.29, 0.717) is 5.82 Å². The topological polar surface area (TPSA) is 90.9 Å². The zero-order chi connectivity index (χ0) is 10.0. The fraction of sp³-hybridized carbons (Fsp3) is 0.500. The number of aromatic nitrogens is 3. The van der Waals surface area contributed by atoms with Crippen molar-refractivity contribution in [2.45, 2.75) is 18.6 Å². The lowest BCUT2D eigenvalue weighted by molar-refractivity contribution is -0.118. The Balaban J connectivity index is 3.08. The molecule has 1 amide bonds. The van der Waals surface area contributed by atoms with Crippen molar-refractivity contribution >= 4 is 16.7 Å². The first kappa shape index (κ1) is 9.85. The number of carbonyl (C=O) groups excluding carboxylic acids is 1. The lowest BCUT2D eigenvalue weighted by Gasteiger charge is -2.02. The van der Waals surface area contributed by atoms with Crippen LogP contribution in [-0.4, -0.2) is 31.1 Å². The molecule has 13 heavy (non-hydrogen) atoms. The molecule has 6 nitrogen and oxygen atoms in total. The zero-order valence-corrected chi connectivity index (χ0v) is 8.17. The number of rotatable bonds is 3. The average molecular weight is 202 g/mol. The van der Waals surface area contributed by atoms with Gasteiger partial charge in [0, 0.05) is 6.26 Å². The average Bonchev–Trinajstić information content (AvgIpc) is 2.32. The normalized spacial score (nSPS) is 12.8. The van der Waals surface area contributed by atoms with E-state index in [0.717, 1.165) is 0 Å². The standard InChI is InChI=1S/C6H10N4O2S/c1-4-8-9-6(13(2)12)10(4)3-5(7)11/h3H2,1-2H3,(H2,7,11). The van der Waals surface area contributed by atoms with Gasteiger partial charge in [-0.15, -0.1) is 10.2 Å². The maximum atomic E-state index is 11.1. The van der Waals surface area contributed by atoms with Gasteiger partial charge in [0.1, 0.15) is 12.4 Å². The van der Waals surface area contributed by atoms with Crippen molar-refractivity contribution in [3.63, 3.8) is 0 Å². The number of aryl methyl sites for hydroxylation is 1. The first-order valence-electron chi connectivity index (χ1n) is 3.54. The molecule has 2 N–H and O–H groups in total. The van der Waals surface area contributed by atoms with Crippen molar-refractivity contribution in [3.8, 4) is 0 Å². The van der Waals surface area contributed by atoms with Gasteiger partial charge in [-0.3, -0.25) is 13.6 Å². The molecule has 0 saturated heterocycles. The number of primary amides is 1. The predicted molar refractivity (Wildman–Crippen MR) is 46.3 cm³/mol. The number of amides is 1. The molecule has 0 saturated carbocycles. The molecule has 1 atom stereocenters. The zero-order valence-electron chi connectivity index (χ0n) is 7.35. The van der Waals surface area contributed by atoms with Crippen molar-refractivity contribution in [2.75, 3.05) is 6.26 Å². The molecule has 0 aliphatic heterocycles. The highest BCUT2D eigenvalue weighted by Crippen LogP contribution is 2.03. The molecule has 0 bridgehead atoms. The van der Waals surface area contributed by atoms with Gasteiger partial charge in [0.2, 0.25) is 11.1 Å². The van der Waals surface area contributed by atoms with Crippen molar-refractivity contribution < 1.29 is 9.00 Å². The summed E-state index contributed by atoms with van der Waals surface area (Å²) in [7, 11) is -1.25. The highest BCUT2D eigenvalue weighted by Gasteiger charge is 2.12. The van der Waals surface area contributed by atoms with E-state index < -0.39 is 16.7 Å². The maximum Gasteiger partial charge on any atom is 0.237 e. The molecular weight excluding hydrogens is 192 g/mol. The lowest BCUT2D eigenvalue weighted by Crippen LogP contribution is -2.21. The molecule has 0 aliphatic rings. The third-order valence-electron chi connectivity index (χ3n) is 1.47. The molecule has 1 heterocycles. The molecule has 0 spiro atoms. The second-order valence-corrected chi connectivity index (χ2v) is 3.81. The minimum absolute atomic E-state index is 0.0340. The first-order valence-corrected chi connectivity index (χ1v) is 5.09.